The summed E-state index contributed by atoms with van der Waals surface area (Å²) in [4.78, 5) is 10.4. The maximum atomic E-state index is 10.4. The van der Waals surface area contributed by atoms with Gasteiger partial charge in [0.25, 0.3) is 0 Å². The van der Waals surface area contributed by atoms with Gasteiger partial charge >= 0.3 is 5.97 Å². The molecule has 16 heavy (non-hydrogen) atoms. The van der Waals surface area contributed by atoms with Crippen molar-refractivity contribution < 1.29 is 9.90 Å². The van der Waals surface area contributed by atoms with Crippen molar-refractivity contribution in [2.24, 2.45) is 7.05 Å². The Balaban J connectivity index is 2.42. The Bertz CT molecular complexity index is 407. The fraction of sp³-hybridized carbons (Fsp3) is 0.455. The van der Waals surface area contributed by atoms with Crippen molar-refractivity contribution in [1.82, 2.24) is 15.1 Å². The smallest absolute Gasteiger partial charge is 0.328 e. The van der Waals surface area contributed by atoms with Crippen molar-refractivity contribution in [2.75, 3.05) is 6.54 Å². The molecule has 1 rings (SSSR count). The normalized spacial score (nSPS) is 11.8. The van der Waals surface area contributed by atoms with E-state index in [1.54, 1.807) is 11.6 Å². The monoisotopic (exact) mass is 223 g/mol. The number of aliphatic carboxylic acids is 1. The molecular formula is C11H17N3O2. The molecule has 0 bridgehead atoms. The fourth-order valence-electron chi connectivity index (χ4n) is 1.48. The van der Waals surface area contributed by atoms with Crippen LogP contribution in [0, 0.1) is 6.92 Å². The van der Waals surface area contributed by atoms with Gasteiger partial charge in [0.05, 0.1) is 5.69 Å². The van der Waals surface area contributed by atoms with E-state index in [-0.39, 0.29) is 0 Å². The third-order valence-electron chi connectivity index (χ3n) is 2.20. The van der Waals surface area contributed by atoms with Gasteiger partial charge < -0.3 is 10.4 Å². The molecular weight excluding hydrogens is 206 g/mol. The summed E-state index contributed by atoms with van der Waals surface area (Å²) in [5.41, 5.74) is 2.93. The zero-order valence-electron chi connectivity index (χ0n) is 9.82. The zero-order valence-corrected chi connectivity index (χ0v) is 9.82. The predicted octanol–water partition coefficient (Wildman–Crippen LogP) is 0.849. The molecule has 1 aromatic rings. The topological polar surface area (TPSA) is 67.2 Å². The lowest BCUT2D eigenvalue weighted by Crippen LogP contribution is -2.16. The van der Waals surface area contributed by atoms with Crippen molar-refractivity contribution in [3.05, 3.63) is 29.1 Å². The number of nitrogens with zero attached hydrogens (tertiary/aromatic N) is 2. The van der Waals surface area contributed by atoms with E-state index in [9.17, 15) is 4.79 Å². The van der Waals surface area contributed by atoms with Gasteiger partial charge in [0.2, 0.25) is 0 Å². The number of carboxylic acid groups (broad SMARTS) is 1. The van der Waals surface area contributed by atoms with E-state index < -0.39 is 5.97 Å². The Hall–Kier alpha value is -1.62. The van der Waals surface area contributed by atoms with Crippen LogP contribution in [0.4, 0.5) is 0 Å². The maximum absolute atomic E-state index is 10.4. The molecule has 0 saturated carbocycles. The fourth-order valence-corrected chi connectivity index (χ4v) is 1.48. The predicted molar refractivity (Wildman–Crippen MR) is 61.0 cm³/mol. The zero-order chi connectivity index (χ0) is 12.1. The summed E-state index contributed by atoms with van der Waals surface area (Å²) in [5.74, 6) is -0.906. The van der Waals surface area contributed by atoms with E-state index in [2.05, 4.69) is 10.4 Å². The Labute approximate surface area is 94.8 Å². The molecule has 5 heteroatoms. The van der Waals surface area contributed by atoms with Crippen molar-refractivity contribution >= 4 is 5.97 Å². The van der Waals surface area contributed by atoms with E-state index in [0.29, 0.717) is 13.1 Å². The van der Waals surface area contributed by atoms with Gasteiger partial charge in [-0.3, -0.25) is 4.68 Å². The second kappa shape index (κ2) is 5.46. The molecule has 0 atom stereocenters. The minimum absolute atomic E-state index is 0.570. The van der Waals surface area contributed by atoms with Crippen molar-refractivity contribution in [1.29, 1.82) is 0 Å². The number of aromatic nitrogens is 2. The Morgan fingerprint density at radius 1 is 1.69 bits per heavy atom. The van der Waals surface area contributed by atoms with Crippen LogP contribution in [0.3, 0.4) is 0 Å². The summed E-state index contributed by atoms with van der Waals surface area (Å²) in [5, 5.41) is 15.9. The van der Waals surface area contributed by atoms with Crippen molar-refractivity contribution in [2.45, 2.75) is 20.4 Å². The first kappa shape index (κ1) is 12.4. The second-order valence-electron chi connectivity index (χ2n) is 3.85. The summed E-state index contributed by atoms with van der Waals surface area (Å²) < 4.78 is 1.77. The largest absolute Gasteiger partial charge is 0.478 e. The van der Waals surface area contributed by atoms with Gasteiger partial charge in [-0.25, -0.2) is 4.79 Å². The van der Waals surface area contributed by atoms with Crippen LogP contribution in [-0.2, 0) is 18.4 Å². The van der Waals surface area contributed by atoms with Crippen LogP contribution in [0.15, 0.2) is 17.8 Å². The van der Waals surface area contributed by atoms with Crippen LogP contribution < -0.4 is 5.32 Å². The molecule has 0 fully saturated rings. The van der Waals surface area contributed by atoms with Gasteiger partial charge in [0.1, 0.15) is 0 Å². The molecule has 5 nitrogen and oxygen atoms in total. The van der Waals surface area contributed by atoms with Crippen LogP contribution in [0.5, 0.6) is 0 Å². The minimum Gasteiger partial charge on any atom is -0.478 e. The van der Waals surface area contributed by atoms with E-state index in [4.69, 9.17) is 5.11 Å². The van der Waals surface area contributed by atoms with Gasteiger partial charge in [-0.1, -0.05) is 5.57 Å². The molecule has 1 heterocycles. The first-order chi connectivity index (χ1) is 7.49. The standard InChI is InChI=1S/C11H17N3O2/c1-8(4-11(15)16)5-12-6-10-7-14(3)13-9(10)2/h4,7,12H,5-6H2,1-3H3,(H,15,16). The first-order valence-electron chi connectivity index (χ1n) is 5.09. The second-order valence-corrected chi connectivity index (χ2v) is 3.85. The highest BCUT2D eigenvalue weighted by Gasteiger charge is 2.02. The van der Waals surface area contributed by atoms with Gasteiger partial charge in [-0.2, -0.15) is 5.10 Å². The van der Waals surface area contributed by atoms with Crippen molar-refractivity contribution in [3.63, 3.8) is 0 Å². The number of aryl methyl sites for hydroxylation is 2. The summed E-state index contributed by atoms with van der Waals surface area (Å²) in [6, 6.07) is 0. The number of nitrogens with one attached hydrogen (secondary N) is 1. The third kappa shape index (κ3) is 3.86. The van der Waals surface area contributed by atoms with Crippen LogP contribution in [-0.4, -0.2) is 27.4 Å². The molecule has 0 aromatic carbocycles. The number of rotatable bonds is 5. The highest BCUT2D eigenvalue weighted by atomic mass is 16.4. The van der Waals surface area contributed by atoms with Crippen LogP contribution in [0.25, 0.3) is 0 Å². The maximum Gasteiger partial charge on any atom is 0.328 e. The van der Waals surface area contributed by atoms with Crippen LogP contribution in [0.1, 0.15) is 18.2 Å². The van der Waals surface area contributed by atoms with Crippen molar-refractivity contribution in [3.8, 4) is 0 Å². The molecule has 0 radical (unpaired) electrons. The molecule has 0 aliphatic carbocycles. The van der Waals surface area contributed by atoms with E-state index >= 15 is 0 Å². The third-order valence-corrected chi connectivity index (χ3v) is 2.20. The molecule has 0 spiro atoms. The Morgan fingerprint density at radius 3 is 2.88 bits per heavy atom. The number of hydrogen-bond acceptors (Lipinski definition) is 3. The molecule has 0 saturated heterocycles. The highest BCUT2D eigenvalue weighted by molar-refractivity contribution is 5.80. The average molecular weight is 223 g/mol. The lowest BCUT2D eigenvalue weighted by Gasteiger charge is -2.03. The molecule has 0 aliphatic heterocycles. The summed E-state index contributed by atoms with van der Waals surface area (Å²) in [6.07, 6.45) is 3.17. The van der Waals surface area contributed by atoms with Gasteiger partial charge in [-0.05, 0) is 13.8 Å². The molecule has 1 aromatic heterocycles. The lowest BCUT2D eigenvalue weighted by atomic mass is 10.2. The van der Waals surface area contributed by atoms with E-state index in [1.807, 2.05) is 20.2 Å². The van der Waals surface area contributed by atoms with Crippen LogP contribution in [0.2, 0.25) is 0 Å². The number of carboxylic acids is 1. The molecule has 0 amide bonds. The SMILES string of the molecule is CC(=CC(=O)O)CNCc1cn(C)nc1C. The summed E-state index contributed by atoms with van der Waals surface area (Å²) in [7, 11) is 1.88. The summed E-state index contributed by atoms with van der Waals surface area (Å²) >= 11 is 0. The average Bonchev–Trinajstić information content (AvgIpc) is 2.44. The quantitative estimate of drug-likeness (QED) is 0.726. The van der Waals surface area contributed by atoms with Crippen LogP contribution >= 0.6 is 0 Å². The van der Waals surface area contributed by atoms with Gasteiger partial charge in [-0.15, -0.1) is 0 Å². The Kier molecular flexibility index (Phi) is 4.25. The lowest BCUT2D eigenvalue weighted by molar-refractivity contribution is -0.131. The first-order valence-corrected chi connectivity index (χ1v) is 5.09. The molecule has 0 unspecified atom stereocenters. The Morgan fingerprint density at radius 2 is 2.38 bits per heavy atom. The molecule has 0 aliphatic rings. The number of carbonyl (C=O) groups is 1. The number of hydrogen-bond donors (Lipinski definition) is 2. The van der Waals surface area contributed by atoms with Gasteiger partial charge in [0, 0.05) is 38.0 Å². The highest BCUT2D eigenvalue weighted by Crippen LogP contribution is 2.03. The summed E-state index contributed by atoms with van der Waals surface area (Å²) in [6.45, 7) is 5.01. The minimum atomic E-state index is -0.906. The van der Waals surface area contributed by atoms with E-state index in [1.165, 1.54) is 6.08 Å². The molecule has 2 N–H and O–H groups in total. The molecule has 88 valence electrons. The van der Waals surface area contributed by atoms with Gasteiger partial charge in [0.15, 0.2) is 0 Å². The van der Waals surface area contributed by atoms with E-state index in [0.717, 1.165) is 16.8 Å².